The van der Waals surface area contributed by atoms with Crippen LogP contribution in [0.3, 0.4) is 0 Å². The first-order valence-electron chi connectivity index (χ1n) is 7.15. The van der Waals surface area contributed by atoms with E-state index in [0.29, 0.717) is 12.2 Å². The highest BCUT2D eigenvalue weighted by atomic mass is 79.9. The lowest BCUT2D eigenvalue weighted by atomic mass is 9.91. The number of halogens is 1. The second-order valence-corrected chi connectivity index (χ2v) is 6.51. The molecule has 0 bridgehead atoms. The van der Waals surface area contributed by atoms with E-state index in [0.717, 1.165) is 22.9 Å². The van der Waals surface area contributed by atoms with Gasteiger partial charge in [-0.25, -0.2) is 0 Å². The molecule has 21 heavy (non-hydrogen) atoms. The van der Waals surface area contributed by atoms with Crippen LogP contribution in [0.4, 0.5) is 5.69 Å². The normalized spacial score (nSPS) is 11.1. The number of benzene rings is 1. The Labute approximate surface area is 134 Å². The van der Waals surface area contributed by atoms with E-state index in [4.69, 9.17) is 0 Å². The molecule has 0 aliphatic rings. The average molecular weight is 355 g/mol. The fourth-order valence-electron chi connectivity index (χ4n) is 1.66. The van der Waals surface area contributed by atoms with Gasteiger partial charge in [-0.15, -0.1) is 0 Å². The number of hydrogen-bond donors (Lipinski definition) is 2. The minimum atomic E-state index is -1.11. The SMILES string of the molecule is CCCCNC(=O)C(C)(C)C(=O)Nc1ccc(C)c(Br)c1. The van der Waals surface area contributed by atoms with E-state index >= 15 is 0 Å². The number of unbranched alkanes of at least 4 members (excludes halogenated alkanes) is 1. The third-order valence-corrected chi connectivity index (χ3v) is 4.24. The largest absolute Gasteiger partial charge is 0.355 e. The Bertz CT molecular complexity index is 527. The van der Waals surface area contributed by atoms with Crippen molar-refractivity contribution in [2.75, 3.05) is 11.9 Å². The lowest BCUT2D eigenvalue weighted by Gasteiger charge is -2.22. The molecule has 0 atom stereocenters. The molecule has 1 aromatic rings. The van der Waals surface area contributed by atoms with E-state index in [2.05, 4.69) is 33.5 Å². The van der Waals surface area contributed by atoms with Gasteiger partial charge in [0.2, 0.25) is 11.8 Å². The minimum Gasteiger partial charge on any atom is -0.355 e. The first-order chi connectivity index (χ1) is 9.78. The molecule has 0 fully saturated rings. The zero-order valence-corrected chi connectivity index (χ0v) is 14.6. The lowest BCUT2D eigenvalue weighted by molar-refractivity contribution is -0.138. The first kappa shape index (κ1) is 17.7. The summed E-state index contributed by atoms with van der Waals surface area (Å²) in [6.45, 7) is 7.89. The number of carbonyl (C=O) groups is 2. The summed E-state index contributed by atoms with van der Waals surface area (Å²) in [5, 5.41) is 5.59. The van der Waals surface area contributed by atoms with Crippen molar-refractivity contribution in [3.8, 4) is 0 Å². The number of anilines is 1. The summed E-state index contributed by atoms with van der Waals surface area (Å²) in [5.41, 5.74) is 0.655. The monoisotopic (exact) mass is 354 g/mol. The smallest absolute Gasteiger partial charge is 0.239 e. The topological polar surface area (TPSA) is 58.2 Å². The zero-order valence-electron chi connectivity index (χ0n) is 13.0. The molecule has 0 saturated carbocycles. The van der Waals surface area contributed by atoms with Gasteiger partial charge in [0, 0.05) is 16.7 Å². The predicted molar refractivity (Wildman–Crippen MR) is 89.2 cm³/mol. The third kappa shape index (κ3) is 4.84. The van der Waals surface area contributed by atoms with Crippen LogP contribution < -0.4 is 10.6 Å². The van der Waals surface area contributed by atoms with Crippen molar-refractivity contribution in [2.45, 2.75) is 40.5 Å². The molecule has 0 heterocycles. The molecule has 0 aliphatic carbocycles. The predicted octanol–water partition coefficient (Wildman–Crippen LogP) is 3.64. The number of hydrogen-bond acceptors (Lipinski definition) is 2. The summed E-state index contributed by atoms with van der Waals surface area (Å²) in [7, 11) is 0. The van der Waals surface area contributed by atoms with Crippen LogP contribution in [0.1, 0.15) is 39.2 Å². The molecule has 1 aromatic carbocycles. The van der Waals surface area contributed by atoms with Gasteiger partial charge in [-0.3, -0.25) is 9.59 Å². The number of aryl methyl sites for hydroxylation is 1. The Morgan fingerprint density at radius 2 is 1.90 bits per heavy atom. The minimum absolute atomic E-state index is 0.250. The Kier molecular flexibility index (Phi) is 6.40. The summed E-state index contributed by atoms with van der Waals surface area (Å²) in [6, 6.07) is 5.56. The molecule has 0 saturated heterocycles. The number of carbonyl (C=O) groups excluding carboxylic acids is 2. The molecule has 0 aromatic heterocycles. The molecular formula is C16H23BrN2O2. The Hall–Kier alpha value is -1.36. The van der Waals surface area contributed by atoms with Gasteiger partial charge in [-0.05, 0) is 44.9 Å². The maximum atomic E-state index is 12.3. The van der Waals surface area contributed by atoms with Gasteiger partial charge in [-0.1, -0.05) is 35.3 Å². The summed E-state index contributed by atoms with van der Waals surface area (Å²) in [5.74, 6) is -0.563. The van der Waals surface area contributed by atoms with Crippen LogP contribution in [0.15, 0.2) is 22.7 Å². The fraction of sp³-hybridized carbons (Fsp3) is 0.500. The van der Waals surface area contributed by atoms with Gasteiger partial charge in [-0.2, -0.15) is 0 Å². The molecule has 0 radical (unpaired) electrons. The highest BCUT2D eigenvalue weighted by Crippen LogP contribution is 2.23. The van der Waals surface area contributed by atoms with E-state index in [1.165, 1.54) is 0 Å². The van der Waals surface area contributed by atoms with Gasteiger partial charge in [0.05, 0.1) is 0 Å². The van der Waals surface area contributed by atoms with E-state index < -0.39 is 5.41 Å². The average Bonchev–Trinajstić information content (AvgIpc) is 2.43. The summed E-state index contributed by atoms with van der Waals surface area (Å²) < 4.78 is 0.922. The van der Waals surface area contributed by atoms with Crippen LogP contribution in [0, 0.1) is 12.3 Å². The van der Waals surface area contributed by atoms with Crippen molar-refractivity contribution < 1.29 is 9.59 Å². The van der Waals surface area contributed by atoms with Crippen molar-refractivity contribution in [3.63, 3.8) is 0 Å². The van der Waals surface area contributed by atoms with Crippen molar-refractivity contribution in [1.29, 1.82) is 0 Å². The Balaban J connectivity index is 2.71. The van der Waals surface area contributed by atoms with Crippen molar-refractivity contribution in [1.82, 2.24) is 5.32 Å². The zero-order chi connectivity index (χ0) is 16.0. The Morgan fingerprint density at radius 3 is 2.48 bits per heavy atom. The molecule has 0 unspecified atom stereocenters. The van der Waals surface area contributed by atoms with Gasteiger partial charge in [0.25, 0.3) is 0 Å². The second kappa shape index (κ2) is 7.59. The first-order valence-corrected chi connectivity index (χ1v) is 7.94. The highest BCUT2D eigenvalue weighted by Gasteiger charge is 2.35. The summed E-state index contributed by atoms with van der Waals surface area (Å²) in [4.78, 5) is 24.4. The maximum Gasteiger partial charge on any atom is 0.239 e. The second-order valence-electron chi connectivity index (χ2n) is 5.65. The summed E-state index contributed by atoms with van der Waals surface area (Å²) in [6.07, 6.45) is 1.92. The molecule has 2 N–H and O–H groups in total. The van der Waals surface area contributed by atoms with Crippen LogP contribution in [0.2, 0.25) is 0 Å². The van der Waals surface area contributed by atoms with Crippen molar-refractivity contribution >= 4 is 33.4 Å². The molecule has 0 spiro atoms. The molecule has 4 nitrogen and oxygen atoms in total. The quantitative estimate of drug-likeness (QED) is 0.605. The van der Waals surface area contributed by atoms with E-state index in [9.17, 15) is 9.59 Å². The van der Waals surface area contributed by atoms with Gasteiger partial charge >= 0.3 is 0 Å². The lowest BCUT2D eigenvalue weighted by Crippen LogP contribution is -2.45. The van der Waals surface area contributed by atoms with Crippen LogP contribution in [-0.4, -0.2) is 18.4 Å². The molecule has 2 amide bonds. The van der Waals surface area contributed by atoms with Crippen LogP contribution in [0.25, 0.3) is 0 Å². The Morgan fingerprint density at radius 1 is 1.24 bits per heavy atom. The molecule has 0 aliphatic heterocycles. The molecule has 5 heteroatoms. The molecule has 116 valence electrons. The summed E-state index contributed by atoms with van der Waals surface area (Å²) >= 11 is 3.43. The highest BCUT2D eigenvalue weighted by molar-refractivity contribution is 9.10. The standard InChI is InChI=1S/C16H23BrN2O2/c1-5-6-9-18-14(20)16(3,4)15(21)19-12-8-7-11(2)13(17)10-12/h7-8,10H,5-6,9H2,1-4H3,(H,18,20)(H,19,21). The third-order valence-electron chi connectivity index (χ3n) is 3.38. The van der Waals surface area contributed by atoms with Gasteiger partial charge in [0.15, 0.2) is 0 Å². The van der Waals surface area contributed by atoms with Crippen LogP contribution in [0.5, 0.6) is 0 Å². The number of nitrogens with one attached hydrogen (secondary N) is 2. The fourth-order valence-corrected chi connectivity index (χ4v) is 2.04. The molecule has 1 rings (SSSR count). The van der Waals surface area contributed by atoms with Crippen LogP contribution in [-0.2, 0) is 9.59 Å². The van der Waals surface area contributed by atoms with Crippen LogP contribution >= 0.6 is 15.9 Å². The maximum absolute atomic E-state index is 12.3. The van der Waals surface area contributed by atoms with Crippen molar-refractivity contribution in [3.05, 3.63) is 28.2 Å². The van der Waals surface area contributed by atoms with E-state index in [-0.39, 0.29) is 11.8 Å². The van der Waals surface area contributed by atoms with Gasteiger partial charge < -0.3 is 10.6 Å². The van der Waals surface area contributed by atoms with E-state index in [1.807, 2.05) is 25.1 Å². The number of amides is 2. The van der Waals surface area contributed by atoms with Gasteiger partial charge in [0.1, 0.15) is 5.41 Å². The molecular weight excluding hydrogens is 332 g/mol. The number of rotatable bonds is 6. The van der Waals surface area contributed by atoms with E-state index in [1.54, 1.807) is 13.8 Å². The van der Waals surface area contributed by atoms with Crippen molar-refractivity contribution in [2.24, 2.45) is 5.41 Å².